The van der Waals surface area contributed by atoms with Crippen molar-refractivity contribution in [2.24, 2.45) is 5.92 Å². The molecule has 0 aliphatic carbocycles. The van der Waals surface area contributed by atoms with Gasteiger partial charge in [0.1, 0.15) is 0 Å². The molecular formula is C30H55NO2. The molecule has 1 rings (SSSR count). The van der Waals surface area contributed by atoms with E-state index in [4.69, 9.17) is 0 Å². The second-order valence-corrected chi connectivity index (χ2v) is 10.5. The van der Waals surface area contributed by atoms with Gasteiger partial charge in [0.05, 0.1) is 0 Å². The molecule has 1 aliphatic heterocycles. The van der Waals surface area contributed by atoms with Crippen LogP contribution in [0.15, 0.2) is 11.6 Å². The second kappa shape index (κ2) is 21.6. The minimum atomic E-state index is -0.348. The summed E-state index contributed by atoms with van der Waals surface area (Å²) < 4.78 is 0. The molecule has 2 unspecified atom stereocenters. The molecule has 0 spiro atoms. The first-order chi connectivity index (χ1) is 16.2. The fourth-order valence-electron chi connectivity index (χ4n) is 5.22. The van der Waals surface area contributed by atoms with Gasteiger partial charge in [-0.3, -0.25) is 9.59 Å². The van der Waals surface area contributed by atoms with E-state index in [1.807, 2.05) is 6.08 Å². The van der Waals surface area contributed by atoms with Crippen LogP contribution < -0.4 is 5.32 Å². The van der Waals surface area contributed by atoms with Crippen molar-refractivity contribution in [3.05, 3.63) is 11.6 Å². The van der Waals surface area contributed by atoms with E-state index in [0.717, 1.165) is 12.3 Å². The predicted octanol–water partition coefficient (Wildman–Crippen LogP) is 8.50. The molecule has 0 aromatic carbocycles. The Morgan fingerprint density at radius 2 is 1.21 bits per heavy atom. The molecule has 1 aliphatic rings. The number of rotatable bonds is 24. The molecule has 3 nitrogen and oxygen atoms in total. The Balaban J connectivity index is 2.26. The predicted molar refractivity (Wildman–Crippen MR) is 143 cm³/mol. The maximum Gasteiger partial charge on any atom is 0.222 e. The zero-order chi connectivity index (χ0) is 24.0. The van der Waals surface area contributed by atoms with Crippen molar-refractivity contribution in [2.45, 2.75) is 155 Å². The van der Waals surface area contributed by atoms with Gasteiger partial charge in [-0.25, -0.2) is 0 Å². The van der Waals surface area contributed by atoms with Gasteiger partial charge in [0.25, 0.3) is 0 Å². The van der Waals surface area contributed by atoms with Crippen LogP contribution in [0.4, 0.5) is 0 Å². The average molecular weight is 462 g/mol. The van der Waals surface area contributed by atoms with E-state index < -0.39 is 0 Å². The van der Waals surface area contributed by atoms with Crippen LogP contribution in [0.25, 0.3) is 0 Å². The van der Waals surface area contributed by atoms with Crippen molar-refractivity contribution in [2.75, 3.05) is 6.54 Å². The normalized spacial score (nSPS) is 16.7. The molecule has 1 heterocycles. The Morgan fingerprint density at radius 3 is 1.64 bits per heavy atom. The third-order valence-corrected chi connectivity index (χ3v) is 7.40. The first kappa shape index (κ1) is 30.1. The lowest BCUT2D eigenvalue weighted by molar-refractivity contribution is -0.127. The molecule has 1 N–H and O–H groups in total. The number of Topliss-reactive ketones (excluding diaryl/α,β-unsaturated/α-hetero) is 1. The van der Waals surface area contributed by atoms with Crippen molar-refractivity contribution in [1.29, 1.82) is 0 Å². The SMILES string of the molecule is CCCCCCCCCCCCC(CCCCCCCCCC)CC1C=C(C(=O)C=O)CN1. The van der Waals surface area contributed by atoms with Crippen molar-refractivity contribution in [1.82, 2.24) is 5.32 Å². The number of hydrogen-bond acceptors (Lipinski definition) is 3. The number of hydrogen-bond donors (Lipinski definition) is 1. The second-order valence-electron chi connectivity index (χ2n) is 10.5. The highest BCUT2D eigenvalue weighted by molar-refractivity contribution is 6.33. The van der Waals surface area contributed by atoms with Gasteiger partial charge >= 0.3 is 0 Å². The number of aldehydes is 1. The van der Waals surface area contributed by atoms with Crippen molar-refractivity contribution < 1.29 is 9.59 Å². The molecule has 0 aromatic heterocycles. The van der Waals surface area contributed by atoms with Crippen LogP contribution in [-0.2, 0) is 9.59 Å². The Morgan fingerprint density at radius 1 is 0.788 bits per heavy atom. The van der Waals surface area contributed by atoms with Crippen LogP contribution in [0.5, 0.6) is 0 Å². The summed E-state index contributed by atoms with van der Waals surface area (Å²) in [6.45, 7) is 5.12. The molecule has 0 bridgehead atoms. The van der Waals surface area contributed by atoms with Gasteiger partial charge in [-0.1, -0.05) is 148 Å². The molecule has 192 valence electrons. The van der Waals surface area contributed by atoms with Crippen molar-refractivity contribution in [3.63, 3.8) is 0 Å². The van der Waals surface area contributed by atoms with Gasteiger partial charge < -0.3 is 5.32 Å². The van der Waals surface area contributed by atoms with Gasteiger partial charge in [0.2, 0.25) is 5.78 Å². The molecule has 0 amide bonds. The van der Waals surface area contributed by atoms with Gasteiger partial charge in [-0.15, -0.1) is 0 Å². The minimum Gasteiger partial charge on any atom is -0.306 e. The fraction of sp³-hybridized carbons (Fsp3) is 0.867. The molecule has 0 fully saturated rings. The Bertz CT molecular complexity index is 513. The van der Waals surface area contributed by atoms with Crippen LogP contribution in [0.1, 0.15) is 149 Å². The molecule has 2 atom stereocenters. The first-order valence-electron chi connectivity index (χ1n) is 14.6. The summed E-state index contributed by atoms with van der Waals surface area (Å²) in [5.41, 5.74) is 0.666. The van der Waals surface area contributed by atoms with Crippen LogP contribution in [-0.4, -0.2) is 24.7 Å². The van der Waals surface area contributed by atoms with Crippen LogP contribution in [0, 0.1) is 5.92 Å². The third-order valence-electron chi connectivity index (χ3n) is 7.40. The monoisotopic (exact) mass is 461 g/mol. The summed E-state index contributed by atoms with van der Waals surface area (Å²) in [7, 11) is 0. The highest BCUT2D eigenvalue weighted by atomic mass is 16.2. The van der Waals surface area contributed by atoms with E-state index in [9.17, 15) is 9.59 Å². The number of unbranched alkanes of at least 4 members (excludes halogenated alkanes) is 16. The average Bonchev–Trinajstić information content (AvgIpc) is 3.29. The number of carbonyl (C=O) groups is 2. The van der Waals surface area contributed by atoms with E-state index in [2.05, 4.69) is 19.2 Å². The Labute approximate surface area is 206 Å². The summed E-state index contributed by atoms with van der Waals surface area (Å²) >= 11 is 0. The third kappa shape index (κ3) is 16.3. The molecule has 33 heavy (non-hydrogen) atoms. The van der Waals surface area contributed by atoms with Crippen LogP contribution in [0.3, 0.4) is 0 Å². The maximum atomic E-state index is 11.7. The van der Waals surface area contributed by atoms with Gasteiger partial charge in [-0.05, 0) is 12.3 Å². The molecule has 0 saturated carbocycles. The topological polar surface area (TPSA) is 46.2 Å². The lowest BCUT2D eigenvalue weighted by atomic mass is 9.88. The van der Waals surface area contributed by atoms with Gasteiger partial charge in [0, 0.05) is 18.2 Å². The van der Waals surface area contributed by atoms with E-state index in [-0.39, 0.29) is 11.8 Å². The Hall–Kier alpha value is -0.960. The molecular weight excluding hydrogens is 406 g/mol. The van der Waals surface area contributed by atoms with Crippen LogP contribution >= 0.6 is 0 Å². The lowest BCUT2D eigenvalue weighted by Crippen LogP contribution is -2.25. The highest BCUT2D eigenvalue weighted by Crippen LogP contribution is 2.25. The van der Waals surface area contributed by atoms with Gasteiger partial charge in [-0.2, -0.15) is 0 Å². The Kier molecular flexibility index (Phi) is 19.7. The minimum absolute atomic E-state index is 0.270. The van der Waals surface area contributed by atoms with Gasteiger partial charge in [0.15, 0.2) is 6.29 Å². The smallest absolute Gasteiger partial charge is 0.222 e. The van der Waals surface area contributed by atoms with Crippen molar-refractivity contribution >= 4 is 12.1 Å². The molecule has 3 heteroatoms. The molecule has 0 saturated heterocycles. The quantitative estimate of drug-likeness (QED) is 0.0890. The summed E-state index contributed by atoms with van der Waals surface area (Å²) in [5.74, 6) is 0.387. The molecule has 0 aromatic rings. The zero-order valence-corrected chi connectivity index (χ0v) is 22.2. The highest BCUT2D eigenvalue weighted by Gasteiger charge is 2.22. The summed E-state index contributed by atoms with van der Waals surface area (Å²) in [6, 6.07) is 0.270. The first-order valence-corrected chi connectivity index (χ1v) is 14.6. The van der Waals surface area contributed by atoms with E-state index in [0.29, 0.717) is 18.4 Å². The zero-order valence-electron chi connectivity index (χ0n) is 22.2. The molecule has 0 radical (unpaired) electrons. The van der Waals surface area contributed by atoms with Crippen LogP contribution in [0.2, 0.25) is 0 Å². The summed E-state index contributed by atoms with van der Waals surface area (Å²) in [4.78, 5) is 22.5. The van der Waals surface area contributed by atoms with E-state index >= 15 is 0 Å². The summed E-state index contributed by atoms with van der Waals surface area (Å²) in [5, 5.41) is 3.45. The largest absolute Gasteiger partial charge is 0.306 e. The number of nitrogens with one attached hydrogen (secondary N) is 1. The fourth-order valence-corrected chi connectivity index (χ4v) is 5.22. The standard InChI is InChI=1S/C30H55NO2/c1-3-5-7-9-11-13-14-16-18-20-22-27(21-19-17-15-12-10-8-6-4-2)23-29-24-28(25-31-29)30(33)26-32/h24,26-27,29,31H,3-23,25H2,1-2H3. The number of carbonyl (C=O) groups excluding carboxylic acids is 2. The lowest BCUT2D eigenvalue weighted by Gasteiger charge is -2.20. The van der Waals surface area contributed by atoms with E-state index in [1.54, 1.807) is 0 Å². The van der Waals surface area contributed by atoms with E-state index in [1.165, 1.54) is 128 Å². The summed E-state index contributed by atoms with van der Waals surface area (Å²) in [6.07, 6.45) is 31.1. The maximum absolute atomic E-state index is 11.7. The van der Waals surface area contributed by atoms with Crippen molar-refractivity contribution in [3.8, 4) is 0 Å². The number of ketones is 1.